The summed E-state index contributed by atoms with van der Waals surface area (Å²) in [5.41, 5.74) is 13.5. The number of nitrogens with two attached hydrogens (primary N) is 2. The number of esters is 1. The van der Waals surface area contributed by atoms with E-state index < -0.39 is 30.2 Å². The highest BCUT2D eigenvalue weighted by Gasteiger charge is 2.34. The molecule has 0 radical (unpaired) electrons. The Bertz CT molecular complexity index is 1290. The van der Waals surface area contributed by atoms with Crippen LogP contribution in [0.3, 0.4) is 0 Å². The zero-order valence-electron chi connectivity index (χ0n) is 22.1. The number of unbranched alkanes of at least 4 members (excludes halogenated alkanes) is 2. The van der Waals surface area contributed by atoms with Crippen LogP contribution in [0, 0.1) is 0 Å². The topological polar surface area (TPSA) is 96.8 Å². The predicted octanol–water partition coefficient (Wildman–Crippen LogP) is 7.28. The van der Waals surface area contributed by atoms with Gasteiger partial charge in [-0.2, -0.15) is 22.0 Å². The highest BCUT2D eigenvalue weighted by Crippen LogP contribution is 2.32. The monoisotopic (exact) mass is 578 g/mol. The summed E-state index contributed by atoms with van der Waals surface area (Å²) < 4.78 is 81.2. The van der Waals surface area contributed by atoms with Gasteiger partial charge in [0.15, 0.2) is 0 Å². The fourth-order valence-corrected chi connectivity index (χ4v) is 3.71. The Balaban J connectivity index is 1.43. The van der Waals surface area contributed by atoms with Crippen LogP contribution in [0.25, 0.3) is 6.08 Å². The van der Waals surface area contributed by atoms with Crippen molar-refractivity contribution < 1.29 is 41.0 Å². The van der Waals surface area contributed by atoms with Crippen molar-refractivity contribution >= 4 is 23.4 Å². The Kier molecular flexibility index (Phi) is 11.0. The summed E-state index contributed by atoms with van der Waals surface area (Å²) in [4.78, 5) is 12.0. The van der Waals surface area contributed by atoms with Gasteiger partial charge >= 0.3 is 18.3 Å². The van der Waals surface area contributed by atoms with Crippen LogP contribution in [0.2, 0.25) is 0 Å². The van der Waals surface area contributed by atoms with Gasteiger partial charge in [0, 0.05) is 30.3 Å². The minimum Gasteiger partial charge on any atom is -0.494 e. The molecule has 0 saturated heterocycles. The molecule has 4 N–H and O–H groups in total. The van der Waals surface area contributed by atoms with Crippen LogP contribution in [0.15, 0.2) is 72.8 Å². The maximum atomic E-state index is 14.7. The number of rotatable bonds is 14. The number of halogens is 5. The SMILES string of the molecule is Nc1ccc(CCOC(=O)/C=C/c2ccc(C(F)(F)Oc3ccc(OCCCCCC(F)(F)F)cc3)cc2)c(N)c1. The van der Waals surface area contributed by atoms with Gasteiger partial charge in [-0.1, -0.05) is 18.2 Å². The van der Waals surface area contributed by atoms with Crippen molar-refractivity contribution in [3.8, 4) is 11.5 Å². The average molecular weight is 579 g/mol. The molecular formula is C30H31F5N2O4. The van der Waals surface area contributed by atoms with Gasteiger partial charge in [0.25, 0.3) is 0 Å². The molecule has 3 aromatic carbocycles. The zero-order chi connectivity index (χ0) is 29.9. The first-order valence-electron chi connectivity index (χ1n) is 12.9. The van der Waals surface area contributed by atoms with E-state index in [1.807, 2.05) is 0 Å². The lowest BCUT2D eigenvalue weighted by Gasteiger charge is -2.18. The molecule has 0 aliphatic heterocycles. The second-order valence-electron chi connectivity index (χ2n) is 9.20. The molecule has 0 aliphatic rings. The van der Waals surface area contributed by atoms with Crippen molar-refractivity contribution in [2.24, 2.45) is 0 Å². The van der Waals surface area contributed by atoms with Crippen LogP contribution >= 0.6 is 0 Å². The summed E-state index contributed by atoms with van der Waals surface area (Å²) in [6.45, 7) is 0.323. The third-order valence-electron chi connectivity index (χ3n) is 5.89. The predicted molar refractivity (Wildman–Crippen MR) is 146 cm³/mol. The van der Waals surface area contributed by atoms with Crippen LogP contribution in [0.5, 0.6) is 11.5 Å². The minimum atomic E-state index is -4.16. The molecule has 41 heavy (non-hydrogen) atoms. The van der Waals surface area contributed by atoms with E-state index in [2.05, 4.69) is 0 Å². The largest absolute Gasteiger partial charge is 0.494 e. The number of anilines is 2. The molecule has 3 rings (SSSR count). The molecule has 0 fully saturated rings. The summed E-state index contributed by atoms with van der Waals surface area (Å²) in [5, 5.41) is 0. The highest BCUT2D eigenvalue weighted by atomic mass is 19.4. The maximum Gasteiger partial charge on any atom is 0.426 e. The van der Waals surface area contributed by atoms with Crippen LogP contribution in [0.1, 0.15) is 42.4 Å². The number of carbonyl (C=O) groups is 1. The number of nitrogen functional groups attached to an aromatic ring is 2. The highest BCUT2D eigenvalue weighted by molar-refractivity contribution is 5.87. The smallest absolute Gasteiger partial charge is 0.426 e. The molecule has 0 aromatic heterocycles. The van der Waals surface area contributed by atoms with E-state index in [0.29, 0.717) is 42.0 Å². The molecule has 0 saturated carbocycles. The third kappa shape index (κ3) is 11.0. The average Bonchev–Trinajstić information content (AvgIpc) is 2.91. The molecule has 0 atom stereocenters. The van der Waals surface area contributed by atoms with Gasteiger partial charge in [-0.25, -0.2) is 4.79 Å². The van der Waals surface area contributed by atoms with E-state index in [9.17, 15) is 26.7 Å². The number of alkyl halides is 5. The first-order valence-corrected chi connectivity index (χ1v) is 12.9. The Labute approximate surface area is 234 Å². The molecule has 0 amide bonds. The van der Waals surface area contributed by atoms with Gasteiger partial charge < -0.3 is 25.7 Å². The fraction of sp³-hybridized carbons (Fsp3) is 0.300. The summed E-state index contributed by atoms with van der Waals surface area (Å²) in [7, 11) is 0. The number of benzene rings is 3. The lowest BCUT2D eigenvalue weighted by Crippen LogP contribution is -2.21. The van der Waals surface area contributed by atoms with Gasteiger partial charge in [0.1, 0.15) is 11.5 Å². The van der Waals surface area contributed by atoms with E-state index in [-0.39, 0.29) is 25.4 Å². The van der Waals surface area contributed by atoms with Crippen LogP contribution in [-0.4, -0.2) is 25.4 Å². The second-order valence-corrected chi connectivity index (χ2v) is 9.20. The van der Waals surface area contributed by atoms with Gasteiger partial charge in [-0.05, 0) is 85.0 Å². The molecule has 11 heteroatoms. The van der Waals surface area contributed by atoms with Crippen LogP contribution in [-0.2, 0) is 22.1 Å². The van der Waals surface area contributed by atoms with E-state index in [1.165, 1.54) is 60.7 Å². The normalized spacial score (nSPS) is 11.9. The lowest BCUT2D eigenvalue weighted by atomic mass is 10.1. The molecule has 0 spiro atoms. The van der Waals surface area contributed by atoms with Gasteiger partial charge in [-0.15, -0.1) is 0 Å². The summed E-state index contributed by atoms with van der Waals surface area (Å²) in [6.07, 6.45) is -4.73. The molecule has 0 aliphatic carbocycles. The second kappa shape index (κ2) is 14.4. The van der Waals surface area contributed by atoms with Crippen molar-refractivity contribution in [2.75, 3.05) is 24.7 Å². The van der Waals surface area contributed by atoms with Gasteiger partial charge in [-0.3, -0.25) is 0 Å². The first kappa shape index (κ1) is 31.3. The van der Waals surface area contributed by atoms with Gasteiger partial charge in [0.2, 0.25) is 0 Å². The van der Waals surface area contributed by atoms with Crippen LogP contribution < -0.4 is 20.9 Å². The molecule has 220 valence electrons. The first-order chi connectivity index (χ1) is 19.4. The molecule has 3 aromatic rings. The Morgan fingerprint density at radius 1 is 0.805 bits per heavy atom. The number of hydrogen-bond acceptors (Lipinski definition) is 6. The summed E-state index contributed by atoms with van der Waals surface area (Å²) in [5.74, 6) is -0.300. The van der Waals surface area contributed by atoms with E-state index in [4.69, 9.17) is 25.7 Å². The quantitative estimate of drug-likeness (QED) is 0.0686. The zero-order valence-corrected chi connectivity index (χ0v) is 22.1. The fourth-order valence-electron chi connectivity index (χ4n) is 3.71. The van der Waals surface area contributed by atoms with E-state index in [0.717, 1.165) is 5.56 Å². The third-order valence-corrected chi connectivity index (χ3v) is 5.89. The van der Waals surface area contributed by atoms with E-state index >= 15 is 0 Å². The van der Waals surface area contributed by atoms with Crippen molar-refractivity contribution in [1.82, 2.24) is 0 Å². The van der Waals surface area contributed by atoms with E-state index in [1.54, 1.807) is 18.2 Å². The van der Waals surface area contributed by atoms with Crippen molar-refractivity contribution in [2.45, 2.75) is 44.4 Å². The summed E-state index contributed by atoms with van der Waals surface area (Å²) in [6, 6.07) is 15.8. The standard InChI is InChI=1S/C30H31F5N2O4/c31-29(32,33)17-2-1-3-18-39-25-11-13-26(14-12-25)41-30(34,35)23-8-4-21(5-9-23)6-15-28(38)40-19-16-22-7-10-24(36)20-27(22)37/h4-15,20H,1-3,16-19,36-37H2/b15-6+. The van der Waals surface area contributed by atoms with Crippen molar-refractivity contribution in [3.05, 3.63) is 89.5 Å². The number of hydrogen-bond donors (Lipinski definition) is 2. The molecule has 6 nitrogen and oxygen atoms in total. The Morgan fingerprint density at radius 2 is 1.49 bits per heavy atom. The summed E-state index contributed by atoms with van der Waals surface area (Å²) >= 11 is 0. The molecular weight excluding hydrogens is 547 g/mol. The lowest BCUT2D eigenvalue weighted by molar-refractivity contribution is -0.185. The Morgan fingerprint density at radius 3 is 2.15 bits per heavy atom. The number of ether oxygens (including phenoxy) is 3. The van der Waals surface area contributed by atoms with Crippen molar-refractivity contribution in [1.29, 1.82) is 0 Å². The number of carbonyl (C=O) groups excluding carboxylic acids is 1. The molecule has 0 unspecified atom stereocenters. The Hall–Kier alpha value is -4.28. The maximum absolute atomic E-state index is 14.7. The van der Waals surface area contributed by atoms with Gasteiger partial charge in [0.05, 0.1) is 18.8 Å². The minimum absolute atomic E-state index is 0.0286. The van der Waals surface area contributed by atoms with Crippen molar-refractivity contribution in [3.63, 3.8) is 0 Å². The molecule has 0 heterocycles. The molecule has 0 bridgehead atoms. The van der Waals surface area contributed by atoms with Crippen LogP contribution in [0.4, 0.5) is 33.3 Å².